The van der Waals surface area contributed by atoms with Crippen molar-refractivity contribution in [2.75, 3.05) is 26.2 Å². The Hall–Kier alpha value is -1.63. The second-order valence-electron chi connectivity index (χ2n) is 6.47. The van der Waals surface area contributed by atoms with E-state index in [9.17, 15) is 14.4 Å². The molecular weight excluding hydrogens is 274 g/mol. The molecule has 118 valence electrons. The van der Waals surface area contributed by atoms with Crippen molar-refractivity contribution in [3.05, 3.63) is 0 Å². The highest BCUT2D eigenvalue weighted by molar-refractivity contribution is 6.00. The summed E-state index contributed by atoms with van der Waals surface area (Å²) in [5, 5.41) is 2.37. The van der Waals surface area contributed by atoms with Crippen molar-refractivity contribution in [1.82, 2.24) is 15.1 Å². The molecule has 2 heterocycles. The third-order valence-electron chi connectivity index (χ3n) is 3.62. The van der Waals surface area contributed by atoms with Gasteiger partial charge in [-0.2, -0.15) is 0 Å². The van der Waals surface area contributed by atoms with Crippen molar-refractivity contribution in [3.63, 3.8) is 0 Å². The molecule has 0 aliphatic carbocycles. The van der Waals surface area contributed by atoms with E-state index in [1.54, 1.807) is 4.90 Å². The van der Waals surface area contributed by atoms with E-state index in [2.05, 4.69) is 5.32 Å². The van der Waals surface area contributed by atoms with E-state index in [0.717, 1.165) is 0 Å². The van der Waals surface area contributed by atoms with E-state index in [4.69, 9.17) is 4.74 Å². The van der Waals surface area contributed by atoms with Crippen molar-refractivity contribution in [2.24, 2.45) is 0 Å². The molecule has 7 heteroatoms. The number of hydrogen-bond acceptors (Lipinski definition) is 5. The molecule has 0 saturated carbocycles. The lowest BCUT2D eigenvalue weighted by Crippen LogP contribution is -2.58. The molecule has 0 aromatic heterocycles. The van der Waals surface area contributed by atoms with Gasteiger partial charge in [0.05, 0.1) is 6.04 Å². The molecule has 0 bridgehead atoms. The topological polar surface area (TPSA) is 79.0 Å². The van der Waals surface area contributed by atoms with Gasteiger partial charge in [0.25, 0.3) is 0 Å². The van der Waals surface area contributed by atoms with Gasteiger partial charge in [-0.1, -0.05) is 0 Å². The summed E-state index contributed by atoms with van der Waals surface area (Å²) in [6.45, 7) is 7.82. The first kappa shape index (κ1) is 15.8. The summed E-state index contributed by atoms with van der Waals surface area (Å²) in [7, 11) is 0. The SMILES string of the molecule is CC(C)(C)OC(=O)N1CCN(C2CCC(=O)NC2=O)CC1. The Morgan fingerprint density at radius 3 is 2.33 bits per heavy atom. The zero-order valence-corrected chi connectivity index (χ0v) is 12.8. The number of ether oxygens (including phenoxy) is 1. The molecule has 0 aromatic rings. The number of piperidine rings is 1. The minimum Gasteiger partial charge on any atom is -0.444 e. The molecule has 1 atom stereocenters. The maximum absolute atomic E-state index is 12.0. The van der Waals surface area contributed by atoms with Crippen LogP contribution in [0.2, 0.25) is 0 Å². The quantitative estimate of drug-likeness (QED) is 0.706. The molecule has 21 heavy (non-hydrogen) atoms. The van der Waals surface area contributed by atoms with Gasteiger partial charge in [0, 0.05) is 32.6 Å². The average Bonchev–Trinajstić information content (AvgIpc) is 2.37. The van der Waals surface area contributed by atoms with Crippen LogP contribution < -0.4 is 5.32 Å². The first-order chi connectivity index (χ1) is 9.76. The van der Waals surface area contributed by atoms with Crippen LogP contribution in [0.25, 0.3) is 0 Å². The fraction of sp³-hybridized carbons (Fsp3) is 0.786. The van der Waals surface area contributed by atoms with Gasteiger partial charge in [-0.15, -0.1) is 0 Å². The van der Waals surface area contributed by atoms with E-state index in [-0.39, 0.29) is 23.9 Å². The number of nitrogens with one attached hydrogen (secondary N) is 1. The van der Waals surface area contributed by atoms with Crippen LogP contribution in [0.5, 0.6) is 0 Å². The molecule has 0 aromatic carbocycles. The number of nitrogens with zero attached hydrogens (tertiary/aromatic N) is 2. The molecule has 1 unspecified atom stereocenters. The summed E-state index contributed by atoms with van der Waals surface area (Å²) in [4.78, 5) is 38.6. The van der Waals surface area contributed by atoms with Crippen molar-refractivity contribution in [3.8, 4) is 0 Å². The van der Waals surface area contributed by atoms with Crippen LogP contribution in [0.3, 0.4) is 0 Å². The number of amides is 3. The lowest BCUT2D eigenvalue weighted by atomic mass is 10.0. The molecule has 2 saturated heterocycles. The van der Waals surface area contributed by atoms with Gasteiger partial charge in [0.2, 0.25) is 11.8 Å². The zero-order chi connectivity index (χ0) is 15.6. The Morgan fingerprint density at radius 1 is 1.19 bits per heavy atom. The Bertz CT molecular complexity index is 436. The van der Waals surface area contributed by atoms with Gasteiger partial charge in [-0.05, 0) is 27.2 Å². The molecule has 0 radical (unpaired) electrons. The minimum absolute atomic E-state index is 0.205. The predicted octanol–water partition coefficient (Wildman–Crippen LogP) is 0.344. The van der Waals surface area contributed by atoms with Crippen LogP contribution in [0.1, 0.15) is 33.6 Å². The van der Waals surface area contributed by atoms with E-state index in [1.807, 2.05) is 25.7 Å². The largest absolute Gasteiger partial charge is 0.444 e. The van der Waals surface area contributed by atoms with Crippen LogP contribution in [-0.4, -0.2) is 65.5 Å². The highest BCUT2D eigenvalue weighted by atomic mass is 16.6. The molecule has 2 aliphatic rings. The second kappa shape index (κ2) is 6.01. The number of carbonyl (C=O) groups excluding carboxylic acids is 3. The number of imide groups is 1. The zero-order valence-electron chi connectivity index (χ0n) is 12.8. The number of piperazine rings is 1. The molecule has 2 aliphatic heterocycles. The molecule has 2 rings (SSSR count). The lowest BCUT2D eigenvalue weighted by Gasteiger charge is -2.39. The number of rotatable bonds is 1. The Kier molecular flexibility index (Phi) is 4.51. The fourth-order valence-corrected chi connectivity index (χ4v) is 2.57. The summed E-state index contributed by atoms with van der Waals surface area (Å²) >= 11 is 0. The van der Waals surface area contributed by atoms with Gasteiger partial charge in [-0.25, -0.2) is 4.79 Å². The van der Waals surface area contributed by atoms with Gasteiger partial charge < -0.3 is 9.64 Å². The second-order valence-corrected chi connectivity index (χ2v) is 6.47. The summed E-state index contributed by atoms with van der Waals surface area (Å²) in [6.07, 6.45) is 0.616. The molecule has 7 nitrogen and oxygen atoms in total. The number of carbonyl (C=O) groups is 3. The fourth-order valence-electron chi connectivity index (χ4n) is 2.57. The monoisotopic (exact) mass is 297 g/mol. The van der Waals surface area contributed by atoms with Gasteiger partial charge in [-0.3, -0.25) is 19.8 Å². The highest BCUT2D eigenvalue weighted by Crippen LogP contribution is 2.16. The van der Waals surface area contributed by atoms with Crippen molar-refractivity contribution in [1.29, 1.82) is 0 Å². The summed E-state index contributed by atoms with van der Waals surface area (Å²) in [5.41, 5.74) is -0.502. The van der Waals surface area contributed by atoms with Gasteiger partial charge in [0.1, 0.15) is 5.60 Å². The smallest absolute Gasteiger partial charge is 0.410 e. The third kappa shape index (κ3) is 4.17. The highest BCUT2D eigenvalue weighted by Gasteiger charge is 2.34. The summed E-state index contributed by atoms with van der Waals surface area (Å²) < 4.78 is 5.34. The molecule has 1 N–H and O–H groups in total. The lowest BCUT2D eigenvalue weighted by molar-refractivity contribution is -0.138. The molecule has 3 amide bonds. The van der Waals surface area contributed by atoms with E-state index in [0.29, 0.717) is 39.0 Å². The number of hydrogen-bond donors (Lipinski definition) is 1. The summed E-state index contributed by atoms with van der Waals surface area (Å²) in [6, 6.07) is -0.261. The van der Waals surface area contributed by atoms with E-state index < -0.39 is 5.60 Å². The normalized spacial score (nSPS) is 24.7. The Balaban J connectivity index is 1.84. The van der Waals surface area contributed by atoms with Crippen molar-refractivity contribution >= 4 is 17.9 Å². The summed E-state index contributed by atoms with van der Waals surface area (Å²) in [5.74, 6) is -0.430. The van der Waals surface area contributed by atoms with E-state index >= 15 is 0 Å². The standard InChI is InChI=1S/C14H23N3O4/c1-14(2,3)21-13(20)17-8-6-16(7-9-17)10-4-5-11(18)15-12(10)19/h10H,4-9H2,1-3H3,(H,15,18,19). The van der Waals surface area contributed by atoms with Crippen molar-refractivity contribution in [2.45, 2.75) is 45.3 Å². The van der Waals surface area contributed by atoms with E-state index in [1.165, 1.54) is 0 Å². The van der Waals surface area contributed by atoms with Crippen LogP contribution in [0.15, 0.2) is 0 Å². The Labute approximate surface area is 124 Å². The molecule has 2 fully saturated rings. The van der Waals surface area contributed by atoms with Crippen LogP contribution >= 0.6 is 0 Å². The van der Waals surface area contributed by atoms with Gasteiger partial charge >= 0.3 is 6.09 Å². The molecule has 0 spiro atoms. The average molecular weight is 297 g/mol. The maximum atomic E-state index is 12.0. The maximum Gasteiger partial charge on any atom is 0.410 e. The first-order valence-electron chi connectivity index (χ1n) is 7.32. The minimum atomic E-state index is -0.502. The van der Waals surface area contributed by atoms with Crippen LogP contribution in [0.4, 0.5) is 4.79 Å². The van der Waals surface area contributed by atoms with Crippen LogP contribution in [0, 0.1) is 0 Å². The van der Waals surface area contributed by atoms with Gasteiger partial charge in [0.15, 0.2) is 0 Å². The van der Waals surface area contributed by atoms with Crippen LogP contribution in [-0.2, 0) is 14.3 Å². The molecular formula is C14H23N3O4. The van der Waals surface area contributed by atoms with Crippen molar-refractivity contribution < 1.29 is 19.1 Å². The predicted molar refractivity (Wildman–Crippen MR) is 75.6 cm³/mol. The first-order valence-corrected chi connectivity index (χ1v) is 7.32. The third-order valence-corrected chi connectivity index (χ3v) is 3.62. The Morgan fingerprint density at radius 2 is 1.81 bits per heavy atom.